The number of rotatable bonds is 10. The third-order valence-corrected chi connectivity index (χ3v) is 7.14. The molecule has 1 heterocycles. The molecule has 0 saturated heterocycles. The molecule has 0 aromatic heterocycles. The molecule has 37 heavy (non-hydrogen) atoms. The Kier molecular flexibility index (Phi) is 10.4. The van der Waals surface area contributed by atoms with E-state index in [1.165, 1.54) is 6.92 Å². The van der Waals surface area contributed by atoms with Gasteiger partial charge in [0.25, 0.3) is 5.91 Å². The largest absolute Gasteiger partial charge is 0.465 e. The molecule has 0 unspecified atom stereocenters. The molecular weight excluding hydrogens is 490 g/mol. The van der Waals surface area contributed by atoms with E-state index in [0.29, 0.717) is 18.6 Å². The van der Waals surface area contributed by atoms with Crippen LogP contribution in [0.3, 0.4) is 0 Å². The Labute approximate surface area is 221 Å². The number of carbonyl (C=O) groups excluding carboxylic acids is 4. The first-order valence-corrected chi connectivity index (χ1v) is 13.4. The lowest BCUT2D eigenvalue weighted by atomic mass is 9.88. The second-order valence-corrected chi connectivity index (χ2v) is 10.0. The molecule has 0 fully saturated rings. The molecular formula is C28H33N3O5S. The van der Waals surface area contributed by atoms with E-state index in [1.54, 1.807) is 6.92 Å². The fourth-order valence-electron chi connectivity index (χ4n) is 4.16. The van der Waals surface area contributed by atoms with Gasteiger partial charge in [0.2, 0.25) is 5.91 Å². The number of nitrogens with one attached hydrogen (secondary N) is 1. The molecule has 0 spiro atoms. The highest BCUT2D eigenvalue weighted by Gasteiger charge is 2.34. The highest BCUT2D eigenvalue weighted by atomic mass is 32.2. The van der Waals surface area contributed by atoms with Crippen molar-refractivity contribution in [2.24, 2.45) is 11.0 Å². The van der Waals surface area contributed by atoms with Crippen LogP contribution in [0.15, 0.2) is 65.8 Å². The van der Waals surface area contributed by atoms with Crippen LogP contribution in [0.4, 0.5) is 0 Å². The lowest BCUT2D eigenvalue weighted by molar-refractivity contribution is -0.149. The van der Waals surface area contributed by atoms with Gasteiger partial charge in [0.15, 0.2) is 5.12 Å². The van der Waals surface area contributed by atoms with Gasteiger partial charge in [-0.25, -0.2) is 5.01 Å². The monoisotopic (exact) mass is 523 g/mol. The fourth-order valence-corrected chi connectivity index (χ4v) is 5.01. The van der Waals surface area contributed by atoms with Crippen molar-refractivity contribution in [2.45, 2.75) is 45.6 Å². The number of hydrazone groups is 1. The molecule has 2 aromatic carbocycles. The summed E-state index contributed by atoms with van der Waals surface area (Å²) in [5, 5.41) is 8.42. The summed E-state index contributed by atoms with van der Waals surface area (Å²) in [5.74, 6) is -1.80. The fraction of sp³-hybridized carbons (Fsp3) is 0.393. The van der Waals surface area contributed by atoms with Crippen LogP contribution in [-0.2, 0) is 23.9 Å². The molecule has 3 atom stereocenters. The van der Waals surface area contributed by atoms with E-state index < -0.39 is 23.8 Å². The number of amides is 2. The number of carbonyl (C=O) groups is 4. The number of esters is 1. The van der Waals surface area contributed by atoms with E-state index in [-0.39, 0.29) is 35.8 Å². The lowest BCUT2D eigenvalue weighted by Crippen LogP contribution is -2.50. The highest BCUT2D eigenvalue weighted by Crippen LogP contribution is 2.28. The van der Waals surface area contributed by atoms with Gasteiger partial charge in [-0.15, -0.1) is 0 Å². The molecule has 196 valence electrons. The Morgan fingerprint density at radius 3 is 2.38 bits per heavy atom. The van der Waals surface area contributed by atoms with E-state index in [9.17, 15) is 19.2 Å². The molecule has 1 N–H and O–H groups in total. The van der Waals surface area contributed by atoms with Crippen molar-refractivity contribution in [3.8, 4) is 0 Å². The number of thioether (sulfide) groups is 1. The SMILES string of the molecule is CCOC(=O)CN1N=C(c2ccccc2)CC[C@H](NC(=O)[C@H](CSC(C)=O)[C@H](C)c2ccccc2)C1=O. The van der Waals surface area contributed by atoms with Crippen molar-refractivity contribution in [3.05, 3.63) is 71.8 Å². The van der Waals surface area contributed by atoms with Crippen LogP contribution in [0, 0.1) is 5.92 Å². The summed E-state index contributed by atoms with van der Waals surface area (Å²) in [5.41, 5.74) is 2.46. The molecule has 0 radical (unpaired) electrons. The molecule has 2 amide bonds. The Bertz CT molecular complexity index is 1120. The second-order valence-electron chi connectivity index (χ2n) is 8.82. The standard InChI is InChI=1S/C28H33N3O5S/c1-4-36-26(33)17-31-28(35)25(16-15-24(30-31)22-13-9-6-10-14-22)29-27(34)23(18-37-20(3)32)19(2)21-11-7-5-8-12-21/h5-14,19,23,25H,4,15-18H2,1-3H3,(H,29,34)/t19-,23-,25+/m1/s1. The van der Waals surface area contributed by atoms with Crippen LogP contribution >= 0.6 is 11.8 Å². The smallest absolute Gasteiger partial charge is 0.327 e. The van der Waals surface area contributed by atoms with Crippen molar-refractivity contribution in [1.29, 1.82) is 0 Å². The van der Waals surface area contributed by atoms with Crippen molar-refractivity contribution in [3.63, 3.8) is 0 Å². The van der Waals surface area contributed by atoms with Crippen LogP contribution < -0.4 is 5.32 Å². The van der Waals surface area contributed by atoms with E-state index >= 15 is 0 Å². The number of nitrogens with zero attached hydrogens (tertiary/aromatic N) is 2. The van der Waals surface area contributed by atoms with Gasteiger partial charge in [0, 0.05) is 12.7 Å². The van der Waals surface area contributed by atoms with Gasteiger partial charge >= 0.3 is 5.97 Å². The topological polar surface area (TPSA) is 105 Å². The summed E-state index contributed by atoms with van der Waals surface area (Å²) in [7, 11) is 0. The van der Waals surface area contributed by atoms with Gasteiger partial charge in [-0.05, 0) is 36.8 Å². The average Bonchev–Trinajstić information content (AvgIpc) is 3.04. The Morgan fingerprint density at radius 1 is 1.11 bits per heavy atom. The molecule has 1 aliphatic heterocycles. The van der Waals surface area contributed by atoms with Gasteiger partial charge in [-0.1, -0.05) is 79.3 Å². The first-order chi connectivity index (χ1) is 17.8. The molecule has 0 aliphatic carbocycles. The van der Waals surface area contributed by atoms with Gasteiger partial charge in [-0.2, -0.15) is 5.10 Å². The zero-order valence-electron chi connectivity index (χ0n) is 21.4. The van der Waals surface area contributed by atoms with Crippen molar-refractivity contribution in [2.75, 3.05) is 18.9 Å². The quantitative estimate of drug-likeness (QED) is 0.476. The van der Waals surface area contributed by atoms with Gasteiger partial charge < -0.3 is 10.1 Å². The normalized spacial score (nSPS) is 17.3. The predicted octanol–water partition coefficient (Wildman–Crippen LogP) is 3.76. The maximum Gasteiger partial charge on any atom is 0.327 e. The maximum absolute atomic E-state index is 13.5. The summed E-state index contributed by atoms with van der Waals surface area (Å²) < 4.78 is 5.04. The highest BCUT2D eigenvalue weighted by molar-refractivity contribution is 8.13. The predicted molar refractivity (Wildman–Crippen MR) is 144 cm³/mol. The summed E-state index contributed by atoms with van der Waals surface area (Å²) in [4.78, 5) is 50.9. The van der Waals surface area contributed by atoms with Crippen molar-refractivity contribution < 1.29 is 23.9 Å². The molecule has 0 bridgehead atoms. The van der Waals surface area contributed by atoms with E-state index in [1.807, 2.05) is 67.6 Å². The van der Waals surface area contributed by atoms with Crippen LogP contribution in [0.2, 0.25) is 0 Å². The minimum absolute atomic E-state index is 0.0786. The van der Waals surface area contributed by atoms with E-state index in [2.05, 4.69) is 10.4 Å². The number of benzene rings is 2. The number of hydrogen-bond donors (Lipinski definition) is 1. The Balaban J connectivity index is 1.84. The van der Waals surface area contributed by atoms with Crippen LogP contribution in [0.5, 0.6) is 0 Å². The van der Waals surface area contributed by atoms with Crippen LogP contribution in [-0.4, -0.2) is 58.6 Å². The second kappa shape index (κ2) is 13.7. The van der Waals surface area contributed by atoms with Crippen molar-refractivity contribution >= 4 is 40.4 Å². The zero-order valence-corrected chi connectivity index (χ0v) is 22.2. The molecule has 0 saturated carbocycles. The molecule has 2 aromatic rings. The van der Waals surface area contributed by atoms with Crippen molar-refractivity contribution in [1.82, 2.24) is 10.3 Å². The molecule has 1 aliphatic rings. The summed E-state index contributed by atoms with van der Waals surface area (Å²) in [6, 6.07) is 18.2. The van der Waals surface area contributed by atoms with Crippen LogP contribution in [0.1, 0.15) is 50.7 Å². The summed E-state index contributed by atoms with van der Waals surface area (Å²) in [6.07, 6.45) is 0.755. The summed E-state index contributed by atoms with van der Waals surface area (Å²) in [6.45, 7) is 4.94. The minimum Gasteiger partial charge on any atom is -0.465 e. The Morgan fingerprint density at radius 2 is 1.76 bits per heavy atom. The molecule has 9 heteroatoms. The third-order valence-electron chi connectivity index (χ3n) is 6.20. The van der Waals surface area contributed by atoms with Gasteiger partial charge in [0.1, 0.15) is 12.6 Å². The number of hydrogen-bond acceptors (Lipinski definition) is 7. The maximum atomic E-state index is 13.5. The number of ether oxygens (including phenoxy) is 1. The average molecular weight is 524 g/mol. The lowest BCUT2D eigenvalue weighted by Gasteiger charge is -2.26. The Hall–Kier alpha value is -3.46. The molecule has 3 rings (SSSR count). The first kappa shape index (κ1) is 28.1. The first-order valence-electron chi connectivity index (χ1n) is 12.4. The minimum atomic E-state index is -0.875. The van der Waals surface area contributed by atoms with E-state index in [4.69, 9.17) is 4.74 Å². The van der Waals surface area contributed by atoms with E-state index in [0.717, 1.165) is 27.9 Å². The van der Waals surface area contributed by atoms with Gasteiger partial charge in [0.05, 0.1) is 18.2 Å². The molecule has 8 nitrogen and oxygen atoms in total. The zero-order chi connectivity index (χ0) is 26.8. The van der Waals surface area contributed by atoms with Gasteiger partial charge in [-0.3, -0.25) is 19.2 Å². The van der Waals surface area contributed by atoms with Crippen LogP contribution in [0.25, 0.3) is 0 Å². The third kappa shape index (κ3) is 8.01. The summed E-state index contributed by atoms with van der Waals surface area (Å²) >= 11 is 1.09.